The molecule has 0 aliphatic heterocycles. The van der Waals surface area contributed by atoms with E-state index in [4.69, 9.17) is 0 Å². The predicted molar refractivity (Wildman–Crippen MR) is 83.8 cm³/mol. The van der Waals surface area contributed by atoms with E-state index in [9.17, 15) is 4.79 Å². The Bertz CT molecular complexity index is 511. The summed E-state index contributed by atoms with van der Waals surface area (Å²) in [6, 6.07) is 12.3. The third-order valence-electron chi connectivity index (χ3n) is 3.02. The Hall–Kier alpha value is -1.65. The molecule has 1 N–H and O–H groups in total. The first kappa shape index (κ1) is 14.8. The maximum Gasteiger partial charge on any atom is 0.234 e. The van der Waals surface area contributed by atoms with Gasteiger partial charge in [-0.05, 0) is 41.4 Å². The molecular formula is C16H20N2OS. The Morgan fingerprint density at radius 3 is 2.70 bits per heavy atom. The van der Waals surface area contributed by atoms with Gasteiger partial charge in [0.15, 0.2) is 0 Å². The Morgan fingerprint density at radius 2 is 2.00 bits per heavy atom. The number of hydrogen-bond acceptors (Lipinski definition) is 3. The minimum absolute atomic E-state index is 0.0821. The molecule has 20 heavy (non-hydrogen) atoms. The molecule has 0 saturated carbocycles. The fraction of sp³-hybridized carbons (Fsp3) is 0.312. The van der Waals surface area contributed by atoms with Crippen LogP contribution < -0.4 is 5.32 Å². The monoisotopic (exact) mass is 288 g/mol. The van der Waals surface area contributed by atoms with Crippen molar-refractivity contribution >= 4 is 17.2 Å². The number of nitrogens with one attached hydrogen (secondary N) is 1. The molecule has 106 valence electrons. The fourth-order valence-corrected chi connectivity index (χ4v) is 2.70. The second-order valence-corrected chi connectivity index (χ2v) is 5.67. The summed E-state index contributed by atoms with van der Waals surface area (Å²) in [6.45, 7) is 1.94. The number of likely N-dealkylation sites (N-methyl/N-ethyl adjacent to an activating group) is 1. The molecule has 1 amide bonds. The molecule has 0 spiro atoms. The van der Waals surface area contributed by atoms with E-state index in [1.54, 1.807) is 11.3 Å². The maximum atomic E-state index is 11.8. The number of rotatable bonds is 7. The third kappa shape index (κ3) is 5.15. The largest absolute Gasteiger partial charge is 0.355 e. The first-order chi connectivity index (χ1) is 9.74. The third-order valence-corrected chi connectivity index (χ3v) is 3.76. The van der Waals surface area contributed by atoms with Gasteiger partial charge in [-0.3, -0.25) is 9.69 Å². The summed E-state index contributed by atoms with van der Waals surface area (Å²) in [5.74, 6) is 0.0821. The SMILES string of the molecule is CN(CC(=O)NCCc1ccccc1)Cc1ccsc1. The number of hydrogen-bond donors (Lipinski definition) is 1. The quantitative estimate of drug-likeness (QED) is 0.849. The molecule has 1 aromatic heterocycles. The minimum Gasteiger partial charge on any atom is -0.355 e. The molecule has 0 bridgehead atoms. The molecule has 0 saturated heterocycles. The van der Waals surface area contributed by atoms with E-state index in [1.807, 2.05) is 30.1 Å². The lowest BCUT2D eigenvalue weighted by Gasteiger charge is -2.15. The maximum absolute atomic E-state index is 11.8. The van der Waals surface area contributed by atoms with Gasteiger partial charge >= 0.3 is 0 Å². The van der Waals surface area contributed by atoms with E-state index in [1.165, 1.54) is 11.1 Å². The molecule has 0 fully saturated rings. The number of nitrogens with zero attached hydrogens (tertiary/aromatic N) is 1. The van der Waals surface area contributed by atoms with Gasteiger partial charge < -0.3 is 5.32 Å². The molecule has 1 heterocycles. The fourth-order valence-electron chi connectivity index (χ4n) is 2.04. The number of carbonyl (C=O) groups is 1. The average Bonchev–Trinajstić information content (AvgIpc) is 2.92. The number of thiophene rings is 1. The molecule has 2 aromatic rings. The number of amides is 1. The lowest BCUT2D eigenvalue weighted by atomic mass is 10.1. The summed E-state index contributed by atoms with van der Waals surface area (Å²) in [5.41, 5.74) is 2.51. The van der Waals surface area contributed by atoms with Crippen LogP contribution in [0.4, 0.5) is 0 Å². The van der Waals surface area contributed by atoms with Crippen molar-refractivity contribution in [3.05, 3.63) is 58.3 Å². The van der Waals surface area contributed by atoms with E-state index in [-0.39, 0.29) is 5.91 Å². The smallest absolute Gasteiger partial charge is 0.234 e. The van der Waals surface area contributed by atoms with Gasteiger partial charge in [-0.2, -0.15) is 11.3 Å². The van der Waals surface area contributed by atoms with Crippen molar-refractivity contribution in [1.82, 2.24) is 10.2 Å². The molecule has 0 atom stereocenters. The molecule has 3 nitrogen and oxygen atoms in total. The van der Waals surface area contributed by atoms with Crippen molar-refractivity contribution in [2.75, 3.05) is 20.1 Å². The average molecular weight is 288 g/mol. The van der Waals surface area contributed by atoms with Gasteiger partial charge in [0.25, 0.3) is 0 Å². The van der Waals surface area contributed by atoms with Crippen LogP contribution in [0.1, 0.15) is 11.1 Å². The van der Waals surface area contributed by atoms with Crippen LogP contribution in [-0.4, -0.2) is 30.9 Å². The summed E-state index contributed by atoms with van der Waals surface area (Å²) < 4.78 is 0. The highest BCUT2D eigenvalue weighted by Crippen LogP contribution is 2.07. The van der Waals surface area contributed by atoms with Crippen LogP contribution in [0.25, 0.3) is 0 Å². The van der Waals surface area contributed by atoms with Gasteiger partial charge in [0.2, 0.25) is 5.91 Å². The van der Waals surface area contributed by atoms with Crippen LogP contribution in [0, 0.1) is 0 Å². The highest BCUT2D eigenvalue weighted by atomic mass is 32.1. The molecule has 2 rings (SSSR count). The summed E-state index contributed by atoms with van der Waals surface area (Å²) in [4.78, 5) is 13.8. The zero-order valence-corrected chi connectivity index (χ0v) is 12.5. The molecule has 1 aromatic carbocycles. The summed E-state index contributed by atoms with van der Waals surface area (Å²) in [5, 5.41) is 7.14. The van der Waals surface area contributed by atoms with E-state index in [2.05, 4.69) is 34.3 Å². The van der Waals surface area contributed by atoms with Crippen molar-refractivity contribution < 1.29 is 4.79 Å². The summed E-state index contributed by atoms with van der Waals surface area (Å²) in [6.07, 6.45) is 0.876. The Balaban J connectivity index is 1.65. The van der Waals surface area contributed by atoms with Crippen molar-refractivity contribution in [2.24, 2.45) is 0 Å². The topological polar surface area (TPSA) is 32.3 Å². The van der Waals surface area contributed by atoms with E-state index in [0.717, 1.165) is 13.0 Å². The standard InChI is InChI=1S/C16H20N2OS/c1-18(11-15-8-10-20-13-15)12-16(19)17-9-7-14-5-3-2-4-6-14/h2-6,8,10,13H,7,9,11-12H2,1H3,(H,17,19). The summed E-state index contributed by atoms with van der Waals surface area (Å²) in [7, 11) is 1.97. The molecule has 4 heteroatoms. The predicted octanol–water partition coefficient (Wildman–Crippen LogP) is 2.54. The molecule has 0 aliphatic carbocycles. The molecule has 0 radical (unpaired) electrons. The van der Waals surface area contributed by atoms with E-state index >= 15 is 0 Å². The Morgan fingerprint density at radius 1 is 1.20 bits per heavy atom. The van der Waals surface area contributed by atoms with E-state index in [0.29, 0.717) is 13.1 Å². The molecular weight excluding hydrogens is 268 g/mol. The molecule has 0 aliphatic rings. The van der Waals surface area contributed by atoms with Crippen molar-refractivity contribution in [1.29, 1.82) is 0 Å². The minimum atomic E-state index is 0.0821. The first-order valence-corrected chi connectivity index (χ1v) is 7.68. The van der Waals surface area contributed by atoms with Crippen LogP contribution >= 0.6 is 11.3 Å². The van der Waals surface area contributed by atoms with Gasteiger partial charge in [-0.1, -0.05) is 30.3 Å². The zero-order chi connectivity index (χ0) is 14.2. The van der Waals surface area contributed by atoms with Crippen LogP contribution in [-0.2, 0) is 17.8 Å². The second kappa shape index (κ2) is 7.82. The lowest BCUT2D eigenvalue weighted by Crippen LogP contribution is -2.35. The lowest BCUT2D eigenvalue weighted by molar-refractivity contribution is -0.122. The van der Waals surface area contributed by atoms with Gasteiger partial charge in [0.05, 0.1) is 6.54 Å². The van der Waals surface area contributed by atoms with Crippen molar-refractivity contribution in [3.8, 4) is 0 Å². The van der Waals surface area contributed by atoms with Gasteiger partial charge in [-0.15, -0.1) is 0 Å². The highest BCUT2D eigenvalue weighted by Gasteiger charge is 2.06. The zero-order valence-electron chi connectivity index (χ0n) is 11.7. The Kier molecular flexibility index (Phi) is 5.77. The summed E-state index contributed by atoms with van der Waals surface area (Å²) >= 11 is 1.68. The molecule has 0 unspecified atom stereocenters. The van der Waals surface area contributed by atoms with Crippen LogP contribution in [0.5, 0.6) is 0 Å². The number of carbonyl (C=O) groups excluding carboxylic acids is 1. The van der Waals surface area contributed by atoms with Gasteiger partial charge in [0, 0.05) is 13.1 Å². The normalized spacial score (nSPS) is 10.7. The first-order valence-electron chi connectivity index (χ1n) is 6.74. The van der Waals surface area contributed by atoms with Crippen LogP contribution in [0.3, 0.4) is 0 Å². The van der Waals surface area contributed by atoms with Crippen LogP contribution in [0.15, 0.2) is 47.2 Å². The van der Waals surface area contributed by atoms with Crippen molar-refractivity contribution in [3.63, 3.8) is 0 Å². The Labute approximate surface area is 124 Å². The highest BCUT2D eigenvalue weighted by molar-refractivity contribution is 7.07. The second-order valence-electron chi connectivity index (χ2n) is 4.89. The number of benzene rings is 1. The van der Waals surface area contributed by atoms with Gasteiger partial charge in [0.1, 0.15) is 0 Å². The van der Waals surface area contributed by atoms with Crippen molar-refractivity contribution in [2.45, 2.75) is 13.0 Å². The van der Waals surface area contributed by atoms with Gasteiger partial charge in [-0.25, -0.2) is 0 Å². The van der Waals surface area contributed by atoms with Crippen LogP contribution in [0.2, 0.25) is 0 Å². The van der Waals surface area contributed by atoms with E-state index < -0.39 is 0 Å².